The fraction of sp³-hybridized carbons (Fsp3) is 0.407. The number of hydrogen-bond acceptors (Lipinski definition) is 8. The minimum atomic E-state index is -0.566. The number of nitrogens with zero attached hydrogens (tertiary/aromatic N) is 2. The van der Waals surface area contributed by atoms with Crippen LogP contribution in [0, 0.1) is 0 Å². The molecule has 0 saturated carbocycles. The lowest BCUT2D eigenvalue weighted by atomic mass is 10.2. The molecule has 2 rings (SSSR count). The van der Waals surface area contributed by atoms with E-state index in [1.807, 2.05) is 27.7 Å². The molecule has 2 aromatic carbocycles. The van der Waals surface area contributed by atoms with Crippen LogP contribution in [0.15, 0.2) is 36.4 Å². The highest BCUT2D eigenvalue weighted by molar-refractivity contribution is 7.81. The number of hydrogen-bond donors (Lipinski definition) is 2. The lowest BCUT2D eigenvalue weighted by Gasteiger charge is -2.24. The molecule has 0 heterocycles. The van der Waals surface area contributed by atoms with E-state index in [1.165, 1.54) is 10.0 Å². The molecular formula is C27H36N4O6S2. The first-order valence-electron chi connectivity index (χ1n) is 12.6. The van der Waals surface area contributed by atoms with E-state index in [1.54, 1.807) is 50.5 Å². The Morgan fingerprint density at radius 1 is 0.667 bits per heavy atom. The number of carbonyl (C=O) groups is 2. The van der Waals surface area contributed by atoms with Crippen molar-refractivity contribution in [2.75, 3.05) is 40.5 Å². The van der Waals surface area contributed by atoms with Gasteiger partial charge in [0.05, 0.1) is 37.6 Å². The van der Waals surface area contributed by atoms with E-state index in [0.29, 0.717) is 70.5 Å². The molecule has 212 valence electrons. The van der Waals surface area contributed by atoms with Crippen LogP contribution in [-0.2, 0) is 9.59 Å². The molecule has 0 unspecified atom stereocenters. The first-order chi connectivity index (χ1) is 18.6. The van der Waals surface area contributed by atoms with Gasteiger partial charge in [0, 0.05) is 14.1 Å². The minimum Gasteiger partial charge on any atom is -0.494 e. The second kappa shape index (κ2) is 15.7. The van der Waals surface area contributed by atoms with Gasteiger partial charge >= 0.3 is 0 Å². The van der Waals surface area contributed by atoms with Crippen LogP contribution in [0.5, 0.6) is 23.0 Å². The van der Waals surface area contributed by atoms with Gasteiger partial charge in [-0.1, -0.05) is 24.4 Å². The van der Waals surface area contributed by atoms with Gasteiger partial charge in [-0.15, -0.1) is 0 Å². The van der Waals surface area contributed by atoms with Crippen LogP contribution in [0.25, 0.3) is 0 Å². The normalized spacial score (nSPS) is 10.2. The van der Waals surface area contributed by atoms with Gasteiger partial charge in [-0.3, -0.25) is 30.5 Å². The van der Waals surface area contributed by atoms with Crippen molar-refractivity contribution in [3.63, 3.8) is 0 Å². The summed E-state index contributed by atoms with van der Waals surface area (Å²) in [5.74, 6) is 1.22. The Bertz CT molecular complexity index is 1090. The van der Waals surface area contributed by atoms with Gasteiger partial charge in [-0.2, -0.15) is 0 Å². The number of benzene rings is 2. The lowest BCUT2D eigenvalue weighted by molar-refractivity contribution is -0.132. The highest BCUT2D eigenvalue weighted by atomic mass is 32.1. The van der Waals surface area contributed by atoms with Gasteiger partial charge in [0.1, 0.15) is 39.4 Å². The smallest absolute Gasteiger partial charge is 0.248 e. The average Bonchev–Trinajstić information content (AvgIpc) is 2.89. The third-order valence-electron chi connectivity index (χ3n) is 5.10. The van der Waals surface area contributed by atoms with Gasteiger partial charge < -0.3 is 18.9 Å². The van der Waals surface area contributed by atoms with Crippen LogP contribution in [0.3, 0.4) is 0 Å². The minimum absolute atomic E-state index is 0.296. The van der Waals surface area contributed by atoms with Crippen LogP contribution in [-0.4, -0.2) is 72.3 Å². The van der Waals surface area contributed by atoms with Gasteiger partial charge in [0.15, 0.2) is 0 Å². The number of nitrogens with one attached hydrogen (secondary N) is 2. The quantitative estimate of drug-likeness (QED) is 0.221. The molecule has 0 radical (unpaired) electrons. The van der Waals surface area contributed by atoms with Crippen molar-refractivity contribution in [3.05, 3.63) is 47.5 Å². The summed E-state index contributed by atoms with van der Waals surface area (Å²) in [7, 11) is 3.17. The summed E-state index contributed by atoms with van der Waals surface area (Å²) in [4.78, 5) is 25.9. The molecule has 0 saturated heterocycles. The van der Waals surface area contributed by atoms with Crippen LogP contribution < -0.4 is 29.8 Å². The Labute approximate surface area is 240 Å². The number of hydrazine groups is 2. The van der Waals surface area contributed by atoms with Crippen LogP contribution in [0.2, 0.25) is 0 Å². The predicted molar refractivity (Wildman–Crippen MR) is 157 cm³/mol. The Morgan fingerprint density at radius 2 is 1.03 bits per heavy atom. The topological polar surface area (TPSA) is 102 Å². The number of ether oxygens (including phenoxy) is 4. The Hall–Kier alpha value is -3.64. The zero-order valence-electron chi connectivity index (χ0n) is 23.2. The molecule has 0 spiro atoms. The van der Waals surface area contributed by atoms with Gasteiger partial charge in [0.2, 0.25) is 11.8 Å². The molecule has 2 aromatic rings. The monoisotopic (exact) mass is 576 g/mol. The first-order valence-corrected chi connectivity index (χ1v) is 13.4. The summed E-state index contributed by atoms with van der Waals surface area (Å²) in [5.41, 5.74) is 6.40. The summed E-state index contributed by atoms with van der Waals surface area (Å²) in [6.07, 6.45) is -0.464. The van der Waals surface area contributed by atoms with Crippen LogP contribution in [0.1, 0.15) is 45.2 Å². The summed E-state index contributed by atoms with van der Waals surface area (Å²) in [5, 5.41) is 2.72. The first kappa shape index (κ1) is 31.6. The SMILES string of the molecule is CCOc1ccc(OCC)c(C(=S)N(C)NC(=O)CC(=O)NN(C)C(=S)c2cc(OCC)ccc2OCC)c1. The molecular weight excluding hydrogens is 540 g/mol. The maximum absolute atomic E-state index is 12.6. The highest BCUT2D eigenvalue weighted by Crippen LogP contribution is 2.27. The van der Waals surface area contributed by atoms with E-state index in [9.17, 15) is 9.59 Å². The Morgan fingerprint density at radius 3 is 1.36 bits per heavy atom. The standard InChI is InChI=1S/C27H36N4O6S2/c1-7-34-18-11-13-22(36-9-3)20(15-18)26(38)30(5)28-24(32)17-25(33)29-31(6)27(39)21-16-19(35-8-2)12-14-23(21)37-10-4/h11-16H,7-10,17H2,1-6H3,(H,28,32)(H,29,33). The fourth-order valence-electron chi connectivity index (χ4n) is 3.49. The second-order valence-corrected chi connectivity index (χ2v) is 8.80. The molecule has 0 aliphatic heterocycles. The lowest BCUT2D eigenvalue weighted by Crippen LogP contribution is -2.47. The Kier molecular flexibility index (Phi) is 12.7. The van der Waals surface area contributed by atoms with E-state index >= 15 is 0 Å². The van der Waals surface area contributed by atoms with Crippen molar-refractivity contribution in [2.24, 2.45) is 0 Å². The molecule has 2 amide bonds. The molecule has 10 nitrogen and oxygen atoms in total. The predicted octanol–water partition coefficient (Wildman–Crippen LogP) is 3.65. The molecule has 39 heavy (non-hydrogen) atoms. The molecule has 2 N–H and O–H groups in total. The molecule has 0 aliphatic carbocycles. The van der Waals surface area contributed by atoms with E-state index in [2.05, 4.69) is 10.9 Å². The van der Waals surface area contributed by atoms with Crippen LogP contribution in [0.4, 0.5) is 0 Å². The summed E-state index contributed by atoms with van der Waals surface area (Å²) < 4.78 is 22.5. The molecule has 12 heteroatoms. The molecule has 0 aliphatic rings. The third kappa shape index (κ3) is 9.25. The third-order valence-corrected chi connectivity index (χ3v) is 6.09. The zero-order valence-corrected chi connectivity index (χ0v) is 24.8. The van der Waals surface area contributed by atoms with E-state index in [0.717, 1.165) is 0 Å². The van der Waals surface area contributed by atoms with Crippen molar-refractivity contribution in [1.82, 2.24) is 20.9 Å². The fourth-order valence-corrected chi connectivity index (χ4v) is 3.90. The molecule has 0 aromatic heterocycles. The maximum atomic E-state index is 12.6. The van der Waals surface area contributed by atoms with Gasteiger partial charge in [-0.25, -0.2) is 0 Å². The zero-order chi connectivity index (χ0) is 28.9. The highest BCUT2D eigenvalue weighted by Gasteiger charge is 2.20. The second-order valence-electron chi connectivity index (χ2n) is 8.02. The number of thiocarbonyl (C=S) groups is 2. The van der Waals surface area contributed by atoms with E-state index < -0.39 is 18.2 Å². The van der Waals surface area contributed by atoms with E-state index in [4.69, 9.17) is 43.4 Å². The van der Waals surface area contributed by atoms with Crippen molar-refractivity contribution >= 4 is 46.2 Å². The number of rotatable bonds is 12. The molecule has 0 fully saturated rings. The van der Waals surface area contributed by atoms with Crippen molar-refractivity contribution in [1.29, 1.82) is 0 Å². The van der Waals surface area contributed by atoms with E-state index in [-0.39, 0.29) is 0 Å². The van der Waals surface area contributed by atoms with Gasteiger partial charge in [0.25, 0.3) is 0 Å². The molecule has 0 atom stereocenters. The maximum Gasteiger partial charge on any atom is 0.248 e. The number of amides is 2. The van der Waals surface area contributed by atoms with Crippen molar-refractivity contribution in [2.45, 2.75) is 34.1 Å². The summed E-state index contributed by atoms with van der Waals surface area (Å²) in [6.45, 7) is 9.36. The van der Waals surface area contributed by atoms with Crippen LogP contribution >= 0.6 is 24.4 Å². The van der Waals surface area contributed by atoms with Crippen molar-refractivity contribution in [3.8, 4) is 23.0 Å². The average molecular weight is 577 g/mol. The Balaban J connectivity index is 2.03. The summed E-state index contributed by atoms with van der Waals surface area (Å²) in [6, 6.07) is 10.6. The largest absolute Gasteiger partial charge is 0.494 e. The van der Waals surface area contributed by atoms with Gasteiger partial charge in [-0.05, 0) is 64.1 Å². The summed E-state index contributed by atoms with van der Waals surface area (Å²) >= 11 is 11.1. The van der Waals surface area contributed by atoms with Crippen molar-refractivity contribution < 1.29 is 28.5 Å². The molecule has 0 bridgehead atoms. The number of carbonyl (C=O) groups excluding carboxylic acids is 2.